The highest BCUT2D eigenvalue weighted by atomic mass is 19.3. The number of carboxylic acids is 1. The van der Waals surface area contributed by atoms with Crippen LogP contribution in [0.15, 0.2) is 0 Å². The number of hydrogen-bond acceptors (Lipinski definition) is 4. The maximum Gasteiger partial charge on any atom is 0.375 e. The fraction of sp³-hybridized carbons (Fsp3) is 0.857. The molecule has 84 valence electrons. The zero-order valence-electron chi connectivity index (χ0n) is 7.57. The molecule has 7 heteroatoms. The first kappa shape index (κ1) is 13.2. The van der Waals surface area contributed by atoms with Crippen LogP contribution in [0.1, 0.15) is 6.92 Å². The summed E-state index contributed by atoms with van der Waals surface area (Å²) in [6.07, 6.45) is -1.19. The molecule has 0 amide bonds. The third kappa shape index (κ3) is 3.95. The molecule has 2 atom stereocenters. The van der Waals surface area contributed by atoms with Crippen LogP contribution in [0.3, 0.4) is 0 Å². The van der Waals surface area contributed by atoms with Crippen molar-refractivity contribution in [1.29, 1.82) is 0 Å². The van der Waals surface area contributed by atoms with Crippen LogP contribution in [0.25, 0.3) is 0 Å². The fourth-order valence-corrected chi connectivity index (χ4v) is 0.659. The second-order valence-corrected chi connectivity index (χ2v) is 2.93. The third-order valence-corrected chi connectivity index (χ3v) is 1.72. The Morgan fingerprint density at radius 2 is 2.07 bits per heavy atom. The number of aliphatic hydroxyl groups excluding tert-OH is 2. The van der Waals surface area contributed by atoms with Gasteiger partial charge >= 0.3 is 11.9 Å². The molecule has 0 radical (unpaired) electrons. The van der Waals surface area contributed by atoms with Crippen molar-refractivity contribution in [3.05, 3.63) is 0 Å². The molecule has 0 aromatic heterocycles. The summed E-state index contributed by atoms with van der Waals surface area (Å²) < 4.78 is 24.9. The molecule has 0 aromatic carbocycles. The lowest BCUT2D eigenvalue weighted by Gasteiger charge is -2.20. The molecule has 0 saturated heterocycles. The summed E-state index contributed by atoms with van der Waals surface area (Å²) in [6.45, 7) is -0.299. The van der Waals surface area contributed by atoms with Gasteiger partial charge in [0.2, 0.25) is 0 Å². The van der Waals surface area contributed by atoms with E-state index >= 15 is 0 Å². The first-order chi connectivity index (χ1) is 6.31. The standard InChI is InChI=1S/C7H13F2NO4/c1-4(5(12)2-11)10-3-7(8,9)6(13)14/h4-5,10-12H,2-3H2,1H3,(H,13,14). The quantitative estimate of drug-likeness (QED) is 0.456. The van der Waals surface area contributed by atoms with E-state index in [4.69, 9.17) is 15.3 Å². The lowest BCUT2D eigenvalue weighted by atomic mass is 10.2. The molecular weight excluding hydrogens is 200 g/mol. The molecule has 0 spiro atoms. The molecule has 0 aliphatic heterocycles. The van der Waals surface area contributed by atoms with Crippen molar-refractivity contribution in [2.45, 2.75) is 25.0 Å². The SMILES string of the molecule is CC(NCC(F)(F)C(=O)O)C(O)CO. The number of hydrogen-bond donors (Lipinski definition) is 4. The summed E-state index contributed by atoms with van der Waals surface area (Å²) in [5.74, 6) is -6.10. The van der Waals surface area contributed by atoms with Crippen LogP contribution < -0.4 is 5.32 Å². The van der Waals surface area contributed by atoms with Gasteiger partial charge in [-0.05, 0) is 6.92 Å². The van der Waals surface area contributed by atoms with E-state index in [2.05, 4.69) is 5.32 Å². The van der Waals surface area contributed by atoms with Gasteiger partial charge in [0, 0.05) is 6.04 Å². The Labute approximate surface area is 79.4 Å². The highest BCUT2D eigenvalue weighted by Crippen LogP contribution is 2.12. The third-order valence-electron chi connectivity index (χ3n) is 1.72. The van der Waals surface area contributed by atoms with Crippen LogP contribution in [0.2, 0.25) is 0 Å². The maximum atomic E-state index is 12.5. The van der Waals surface area contributed by atoms with Crippen molar-refractivity contribution in [1.82, 2.24) is 5.32 Å². The molecule has 0 bridgehead atoms. The summed E-state index contributed by atoms with van der Waals surface area (Å²) in [6, 6.07) is -0.801. The van der Waals surface area contributed by atoms with Gasteiger partial charge in [-0.25, -0.2) is 4.79 Å². The van der Waals surface area contributed by atoms with Crippen molar-refractivity contribution < 1.29 is 28.9 Å². The largest absolute Gasteiger partial charge is 0.477 e. The molecule has 0 fully saturated rings. The molecule has 0 aliphatic carbocycles. The molecule has 2 unspecified atom stereocenters. The molecule has 4 N–H and O–H groups in total. The normalized spacial score (nSPS) is 16.4. The number of rotatable bonds is 6. The van der Waals surface area contributed by atoms with Crippen LogP contribution >= 0.6 is 0 Å². The van der Waals surface area contributed by atoms with E-state index in [-0.39, 0.29) is 0 Å². The van der Waals surface area contributed by atoms with Gasteiger partial charge in [0.15, 0.2) is 0 Å². The average Bonchev–Trinajstić information content (AvgIpc) is 2.12. The van der Waals surface area contributed by atoms with Crippen molar-refractivity contribution in [3.63, 3.8) is 0 Å². The van der Waals surface area contributed by atoms with E-state index in [9.17, 15) is 13.6 Å². The first-order valence-electron chi connectivity index (χ1n) is 3.94. The minimum Gasteiger partial charge on any atom is -0.477 e. The Bertz CT molecular complexity index is 200. The van der Waals surface area contributed by atoms with E-state index in [1.165, 1.54) is 6.92 Å². The topological polar surface area (TPSA) is 89.8 Å². The summed E-state index contributed by atoms with van der Waals surface area (Å²) in [5, 5.41) is 27.6. The minimum absolute atomic E-state index is 0.577. The van der Waals surface area contributed by atoms with Gasteiger partial charge in [0.05, 0.1) is 19.3 Å². The second kappa shape index (κ2) is 5.18. The van der Waals surface area contributed by atoms with Gasteiger partial charge in [0.1, 0.15) is 0 Å². The molecule has 0 rings (SSSR count). The Balaban J connectivity index is 3.99. The number of carboxylic acid groups (broad SMARTS) is 1. The maximum absolute atomic E-state index is 12.5. The monoisotopic (exact) mass is 213 g/mol. The van der Waals surface area contributed by atoms with E-state index < -0.39 is 37.2 Å². The molecule has 5 nitrogen and oxygen atoms in total. The smallest absolute Gasteiger partial charge is 0.375 e. The zero-order chi connectivity index (χ0) is 11.4. The Morgan fingerprint density at radius 1 is 1.57 bits per heavy atom. The van der Waals surface area contributed by atoms with E-state index in [1.807, 2.05) is 0 Å². The van der Waals surface area contributed by atoms with Crippen molar-refractivity contribution in [3.8, 4) is 0 Å². The van der Waals surface area contributed by atoms with Crippen molar-refractivity contribution in [2.24, 2.45) is 0 Å². The number of nitrogens with one attached hydrogen (secondary N) is 1. The summed E-state index contributed by atoms with van der Waals surface area (Å²) in [7, 11) is 0. The lowest BCUT2D eigenvalue weighted by Crippen LogP contribution is -2.47. The predicted octanol–water partition coefficient (Wildman–Crippen LogP) is -0.962. The predicted molar refractivity (Wildman–Crippen MR) is 43.1 cm³/mol. The second-order valence-electron chi connectivity index (χ2n) is 2.93. The van der Waals surface area contributed by atoms with E-state index in [0.29, 0.717) is 0 Å². The highest BCUT2D eigenvalue weighted by molar-refractivity contribution is 5.75. The summed E-state index contributed by atoms with van der Waals surface area (Å²) in [4.78, 5) is 9.97. The van der Waals surface area contributed by atoms with Crippen LogP contribution in [0.4, 0.5) is 8.78 Å². The van der Waals surface area contributed by atoms with Gasteiger partial charge in [-0.15, -0.1) is 0 Å². The van der Waals surface area contributed by atoms with Gasteiger partial charge < -0.3 is 20.6 Å². The van der Waals surface area contributed by atoms with Crippen molar-refractivity contribution >= 4 is 5.97 Å². The fourth-order valence-electron chi connectivity index (χ4n) is 0.659. The average molecular weight is 213 g/mol. The molecule has 0 saturated carbocycles. The Morgan fingerprint density at radius 3 is 2.43 bits per heavy atom. The first-order valence-corrected chi connectivity index (χ1v) is 3.94. The van der Waals surface area contributed by atoms with Crippen LogP contribution in [0.5, 0.6) is 0 Å². The molecular formula is C7H13F2NO4. The van der Waals surface area contributed by atoms with Gasteiger partial charge in [0.25, 0.3) is 0 Å². The van der Waals surface area contributed by atoms with Crippen LogP contribution in [-0.2, 0) is 4.79 Å². The van der Waals surface area contributed by atoms with E-state index in [0.717, 1.165) is 0 Å². The number of halogens is 2. The Kier molecular flexibility index (Phi) is 4.89. The Hall–Kier alpha value is -0.790. The lowest BCUT2D eigenvalue weighted by molar-refractivity contribution is -0.164. The summed E-state index contributed by atoms with van der Waals surface area (Å²) in [5.41, 5.74) is 0. The summed E-state index contributed by atoms with van der Waals surface area (Å²) >= 11 is 0. The highest BCUT2D eigenvalue weighted by Gasteiger charge is 2.38. The van der Waals surface area contributed by atoms with Crippen LogP contribution in [-0.4, -0.2) is 52.5 Å². The van der Waals surface area contributed by atoms with Crippen LogP contribution in [0, 0.1) is 0 Å². The minimum atomic E-state index is -3.87. The number of alkyl halides is 2. The van der Waals surface area contributed by atoms with E-state index in [1.54, 1.807) is 0 Å². The van der Waals surface area contributed by atoms with Gasteiger partial charge in [-0.2, -0.15) is 8.78 Å². The zero-order valence-corrected chi connectivity index (χ0v) is 7.57. The van der Waals surface area contributed by atoms with Crippen molar-refractivity contribution in [2.75, 3.05) is 13.2 Å². The molecule has 0 aromatic rings. The number of aliphatic carboxylic acids is 1. The number of aliphatic hydroxyl groups is 2. The number of carbonyl (C=O) groups is 1. The molecule has 0 aliphatic rings. The van der Waals surface area contributed by atoms with Gasteiger partial charge in [-0.1, -0.05) is 0 Å². The van der Waals surface area contributed by atoms with Gasteiger partial charge in [-0.3, -0.25) is 0 Å². The molecule has 0 heterocycles. The molecule has 14 heavy (non-hydrogen) atoms.